The first-order valence-corrected chi connectivity index (χ1v) is 9.64. The monoisotopic (exact) mass is 366 g/mol. The molecule has 1 aromatic rings. The molecule has 0 heterocycles. The summed E-state index contributed by atoms with van der Waals surface area (Å²) in [4.78, 5) is 12.0. The van der Waals surface area contributed by atoms with E-state index in [1.54, 1.807) is 38.1 Å². The molecule has 4 atom stereocenters. The van der Waals surface area contributed by atoms with Gasteiger partial charge in [0.05, 0.1) is 12.2 Å². The fraction of sp³-hybridized carbons (Fsp3) is 0.667. The van der Waals surface area contributed by atoms with Crippen LogP contribution in [0.4, 0.5) is 0 Å². The van der Waals surface area contributed by atoms with Gasteiger partial charge in [-0.05, 0) is 45.2 Å². The second-order valence-corrected chi connectivity index (χ2v) is 6.50. The van der Waals surface area contributed by atoms with Crippen LogP contribution >= 0.6 is 0 Å². The van der Waals surface area contributed by atoms with Gasteiger partial charge >= 0.3 is 5.97 Å². The topological polar surface area (TPSA) is 54.0 Å². The van der Waals surface area contributed by atoms with Gasteiger partial charge in [0, 0.05) is 0 Å². The van der Waals surface area contributed by atoms with Gasteiger partial charge in [-0.2, -0.15) is 0 Å². The molecule has 5 heteroatoms. The van der Waals surface area contributed by atoms with E-state index >= 15 is 0 Å². The molecule has 0 bridgehead atoms. The fourth-order valence-electron chi connectivity index (χ4n) is 2.60. The van der Waals surface area contributed by atoms with E-state index in [1.807, 2.05) is 13.0 Å². The van der Waals surface area contributed by atoms with Gasteiger partial charge in [-0.25, -0.2) is 4.79 Å². The number of ether oxygens (including phenoxy) is 4. The van der Waals surface area contributed by atoms with Gasteiger partial charge in [0.25, 0.3) is 0 Å². The molecule has 0 radical (unpaired) electrons. The molecule has 0 aliphatic carbocycles. The molecule has 148 valence electrons. The molecular formula is C21H34O5. The number of hydrogen-bond donors (Lipinski definition) is 0. The lowest BCUT2D eigenvalue weighted by Gasteiger charge is -2.24. The number of esters is 1. The summed E-state index contributed by atoms with van der Waals surface area (Å²) in [7, 11) is 0. The number of rotatable bonds is 13. The third-order valence-corrected chi connectivity index (χ3v) is 4.16. The number of benzene rings is 1. The van der Waals surface area contributed by atoms with Crippen LogP contribution in [0.1, 0.15) is 70.7 Å². The summed E-state index contributed by atoms with van der Waals surface area (Å²) in [6, 6.07) is 8.83. The van der Waals surface area contributed by atoms with Crippen LogP contribution in [0.5, 0.6) is 0 Å². The van der Waals surface area contributed by atoms with Crippen molar-refractivity contribution in [2.75, 3.05) is 6.61 Å². The fourth-order valence-corrected chi connectivity index (χ4v) is 2.60. The van der Waals surface area contributed by atoms with Crippen molar-refractivity contribution < 1.29 is 23.7 Å². The number of carbonyl (C=O) groups excluding carboxylic acids is 1. The van der Waals surface area contributed by atoms with Crippen LogP contribution in [-0.2, 0) is 18.9 Å². The highest BCUT2D eigenvalue weighted by molar-refractivity contribution is 5.89. The van der Waals surface area contributed by atoms with E-state index in [1.165, 1.54) is 19.3 Å². The van der Waals surface area contributed by atoms with Crippen LogP contribution in [0, 0.1) is 5.92 Å². The molecule has 0 aliphatic heterocycles. The maximum Gasteiger partial charge on any atom is 0.340 e. The minimum Gasteiger partial charge on any atom is -0.432 e. The highest BCUT2D eigenvalue weighted by Crippen LogP contribution is 2.15. The van der Waals surface area contributed by atoms with Gasteiger partial charge in [0.1, 0.15) is 0 Å². The number of carbonyl (C=O) groups is 1. The Kier molecular flexibility index (Phi) is 11.2. The lowest BCUT2D eigenvalue weighted by molar-refractivity contribution is -0.271. The zero-order chi connectivity index (χ0) is 19.4. The van der Waals surface area contributed by atoms with Gasteiger partial charge in [-0.15, -0.1) is 0 Å². The Bertz CT molecular complexity index is 490. The highest BCUT2D eigenvalue weighted by Gasteiger charge is 2.17. The van der Waals surface area contributed by atoms with E-state index in [2.05, 4.69) is 13.8 Å². The van der Waals surface area contributed by atoms with Crippen molar-refractivity contribution in [2.24, 2.45) is 5.92 Å². The minimum atomic E-state index is -0.710. The summed E-state index contributed by atoms with van der Waals surface area (Å²) in [5.74, 6) is 0.138. The molecule has 0 amide bonds. The third-order valence-electron chi connectivity index (χ3n) is 4.16. The van der Waals surface area contributed by atoms with E-state index in [0.717, 1.165) is 6.42 Å². The second kappa shape index (κ2) is 12.8. The molecule has 0 N–H and O–H groups in total. The van der Waals surface area contributed by atoms with Crippen molar-refractivity contribution in [1.82, 2.24) is 0 Å². The Hall–Kier alpha value is -1.43. The number of unbranched alkanes of at least 4 members (excludes halogenated alkanes) is 1. The average Bonchev–Trinajstić information content (AvgIpc) is 2.62. The summed E-state index contributed by atoms with van der Waals surface area (Å²) in [5, 5.41) is 0. The summed E-state index contributed by atoms with van der Waals surface area (Å²) in [6.45, 7) is 10.4. The van der Waals surface area contributed by atoms with Crippen molar-refractivity contribution >= 4 is 5.97 Å². The van der Waals surface area contributed by atoms with E-state index in [4.69, 9.17) is 18.9 Å². The first kappa shape index (κ1) is 22.6. The summed E-state index contributed by atoms with van der Waals surface area (Å²) in [6.07, 6.45) is 3.08. The average molecular weight is 366 g/mol. The van der Waals surface area contributed by atoms with E-state index in [0.29, 0.717) is 18.1 Å². The first-order chi connectivity index (χ1) is 12.5. The maximum absolute atomic E-state index is 12.0. The van der Waals surface area contributed by atoms with E-state index < -0.39 is 18.5 Å². The zero-order valence-electron chi connectivity index (χ0n) is 16.8. The van der Waals surface area contributed by atoms with Gasteiger partial charge in [-0.1, -0.05) is 51.3 Å². The van der Waals surface area contributed by atoms with Crippen molar-refractivity contribution in [3.63, 3.8) is 0 Å². The Balaban J connectivity index is 2.29. The first-order valence-electron chi connectivity index (χ1n) is 9.64. The molecule has 0 aliphatic rings. The van der Waals surface area contributed by atoms with Gasteiger partial charge in [0.15, 0.2) is 12.6 Å². The molecule has 4 unspecified atom stereocenters. The van der Waals surface area contributed by atoms with Crippen LogP contribution in [-0.4, -0.2) is 31.4 Å². The van der Waals surface area contributed by atoms with E-state index in [-0.39, 0.29) is 6.29 Å². The molecule has 1 rings (SSSR count). The quantitative estimate of drug-likeness (QED) is 0.357. The minimum absolute atomic E-state index is 0.377. The smallest absolute Gasteiger partial charge is 0.340 e. The normalized spacial score (nSPS) is 15.9. The SMILES string of the molecule is CCCCC(CC)COC(C)OC(C)OC(C)OC(=O)c1ccccc1. The standard InChI is InChI=1S/C21H34O5/c1-6-8-12-19(7-2)15-23-16(3)24-17(4)25-18(5)26-21(22)20-13-10-9-11-14-20/h9-11,13-14,16-19H,6-8,12,15H2,1-5H3. The third kappa shape index (κ3) is 9.32. The Morgan fingerprint density at radius 2 is 1.62 bits per heavy atom. The van der Waals surface area contributed by atoms with Gasteiger partial charge in [-0.3, -0.25) is 0 Å². The van der Waals surface area contributed by atoms with Crippen LogP contribution in [0.3, 0.4) is 0 Å². The zero-order valence-corrected chi connectivity index (χ0v) is 16.8. The molecule has 0 spiro atoms. The van der Waals surface area contributed by atoms with Crippen LogP contribution in [0.2, 0.25) is 0 Å². The maximum atomic E-state index is 12.0. The number of hydrogen-bond acceptors (Lipinski definition) is 5. The molecule has 0 fully saturated rings. The van der Waals surface area contributed by atoms with Crippen molar-refractivity contribution in [3.8, 4) is 0 Å². The molecular weight excluding hydrogens is 332 g/mol. The summed E-state index contributed by atoms with van der Waals surface area (Å²) >= 11 is 0. The summed E-state index contributed by atoms with van der Waals surface area (Å²) in [5.41, 5.74) is 0.492. The van der Waals surface area contributed by atoms with Gasteiger partial charge < -0.3 is 18.9 Å². The molecule has 0 saturated heterocycles. The molecule has 5 nitrogen and oxygen atoms in total. The second-order valence-electron chi connectivity index (χ2n) is 6.50. The Labute approximate surface area is 158 Å². The van der Waals surface area contributed by atoms with Crippen molar-refractivity contribution in [1.29, 1.82) is 0 Å². The largest absolute Gasteiger partial charge is 0.432 e. The lowest BCUT2D eigenvalue weighted by atomic mass is 10.0. The van der Waals surface area contributed by atoms with E-state index in [9.17, 15) is 4.79 Å². The molecule has 0 aromatic heterocycles. The highest BCUT2D eigenvalue weighted by atomic mass is 16.8. The van der Waals surface area contributed by atoms with Crippen LogP contribution < -0.4 is 0 Å². The molecule has 0 saturated carbocycles. The predicted molar refractivity (Wildman–Crippen MR) is 102 cm³/mol. The predicted octanol–water partition coefficient (Wildman–Crippen LogP) is 5.15. The Morgan fingerprint density at radius 3 is 2.23 bits per heavy atom. The van der Waals surface area contributed by atoms with Gasteiger partial charge in [0.2, 0.25) is 6.29 Å². The Morgan fingerprint density at radius 1 is 0.962 bits per heavy atom. The van der Waals surface area contributed by atoms with Crippen molar-refractivity contribution in [3.05, 3.63) is 35.9 Å². The summed E-state index contributed by atoms with van der Waals surface area (Å²) < 4.78 is 22.3. The molecule has 26 heavy (non-hydrogen) atoms. The van der Waals surface area contributed by atoms with Crippen LogP contribution in [0.15, 0.2) is 30.3 Å². The van der Waals surface area contributed by atoms with Crippen LogP contribution in [0.25, 0.3) is 0 Å². The lowest BCUT2D eigenvalue weighted by Crippen LogP contribution is -2.29. The van der Waals surface area contributed by atoms with Crippen molar-refractivity contribution in [2.45, 2.75) is 79.2 Å². The molecule has 1 aromatic carbocycles.